The van der Waals surface area contributed by atoms with Crippen LogP contribution in [-0.4, -0.2) is 13.1 Å². The highest BCUT2D eigenvalue weighted by atomic mass is 16.5. The van der Waals surface area contributed by atoms with E-state index in [2.05, 4.69) is 13.8 Å². The van der Waals surface area contributed by atoms with Gasteiger partial charge in [-0.1, -0.05) is 72.1 Å². The first-order valence-electron chi connectivity index (χ1n) is 7.69. The Bertz CT molecular complexity index is 201. The van der Waals surface area contributed by atoms with Gasteiger partial charge in [-0.15, -0.1) is 0 Å². The van der Waals surface area contributed by atoms with E-state index in [1.165, 1.54) is 58.5 Å². The van der Waals surface area contributed by atoms with Crippen LogP contribution in [0.3, 0.4) is 0 Å². The minimum atomic E-state index is -0.0681. The molecule has 0 radical (unpaired) electrons. The van der Waals surface area contributed by atoms with Gasteiger partial charge in [-0.25, -0.2) is 0 Å². The molecule has 2 atom stereocenters. The molecule has 0 aromatic rings. The van der Waals surface area contributed by atoms with Crippen LogP contribution >= 0.6 is 0 Å². The van der Waals surface area contributed by atoms with Crippen LogP contribution in [0.15, 0.2) is 0 Å². The molecule has 18 heavy (non-hydrogen) atoms. The normalized spacial score (nSPS) is 14.2. The van der Waals surface area contributed by atoms with Crippen molar-refractivity contribution in [3.63, 3.8) is 0 Å². The van der Waals surface area contributed by atoms with Gasteiger partial charge < -0.3 is 4.74 Å². The van der Waals surface area contributed by atoms with Crippen LogP contribution in [-0.2, 0) is 9.53 Å². The van der Waals surface area contributed by atoms with Crippen molar-refractivity contribution in [2.75, 3.05) is 7.11 Å². The van der Waals surface area contributed by atoms with E-state index in [4.69, 9.17) is 4.74 Å². The molecular weight excluding hydrogens is 224 g/mol. The van der Waals surface area contributed by atoms with Crippen LogP contribution < -0.4 is 0 Å². The Kier molecular flexibility index (Phi) is 11.2. The topological polar surface area (TPSA) is 26.3 Å². The summed E-state index contributed by atoms with van der Waals surface area (Å²) in [6.45, 7) is 6.47. The Morgan fingerprint density at radius 3 is 2.11 bits per heavy atom. The Hall–Kier alpha value is -0.530. The van der Waals surface area contributed by atoms with Crippen molar-refractivity contribution < 1.29 is 9.53 Å². The summed E-state index contributed by atoms with van der Waals surface area (Å²) in [6.07, 6.45) is 11.7. The summed E-state index contributed by atoms with van der Waals surface area (Å²) < 4.78 is 4.75. The van der Waals surface area contributed by atoms with Gasteiger partial charge >= 0.3 is 5.97 Å². The van der Waals surface area contributed by atoms with Gasteiger partial charge in [0.15, 0.2) is 0 Å². The van der Waals surface area contributed by atoms with E-state index >= 15 is 0 Å². The molecule has 2 heteroatoms. The molecule has 2 unspecified atom stereocenters. The molecule has 0 fully saturated rings. The minimum absolute atomic E-state index is 0.0505. The lowest BCUT2D eigenvalue weighted by Gasteiger charge is -2.15. The van der Waals surface area contributed by atoms with Crippen molar-refractivity contribution in [1.82, 2.24) is 0 Å². The van der Waals surface area contributed by atoms with Gasteiger partial charge in [0.1, 0.15) is 0 Å². The molecule has 0 aromatic carbocycles. The van der Waals surface area contributed by atoms with Crippen molar-refractivity contribution in [1.29, 1.82) is 0 Å². The molecular formula is C16H32O2. The van der Waals surface area contributed by atoms with E-state index in [1.54, 1.807) is 0 Å². The SMILES string of the molecule is CCCCCCCCCC(C)CC(C)C(=O)OC. The predicted octanol–water partition coefficient (Wildman–Crippen LogP) is 4.96. The molecule has 108 valence electrons. The summed E-state index contributed by atoms with van der Waals surface area (Å²) in [5, 5.41) is 0. The fourth-order valence-corrected chi connectivity index (χ4v) is 2.47. The van der Waals surface area contributed by atoms with Crippen molar-refractivity contribution in [2.45, 2.75) is 78.6 Å². The zero-order valence-corrected chi connectivity index (χ0v) is 12.8. The number of unbranched alkanes of at least 4 members (excludes halogenated alkanes) is 6. The second-order valence-corrected chi connectivity index (χ2v) is 5.68. The fourth-order valence-electron chi connectivity index (χ4n) is 2.47. The summed E-state index contributed by atoms with van der Waals surface area (Å²) in [5.41, 5.74) is 0. The molecule has 0 amide bonds. The highest BCUT2D eigenvalue weighted by molar-refractivity contribution is 5.71. The number of esters is 1. The van der Waals surface area contributed by atoms with Crippen LogP contribution in [0.4, 0.5) is 0 Å². The molecule has 0 saturated heterocycles. The maximum atomic E-state index is 11.3. The molecule has 0 aliphatic heterocycles. The highest BCUT2D eigenvalue weighted by Gasteiger charge is 2.16. The monoisotopic (exact) mass is 256 g/mol. The number of methoxy groups -OCH3 is 1. The van der Waals surface area contributed by atoms with Gasteiger partial charge in [0.25, 0.3) is 0 Å². The minimum Gasteiger partial charge on any atom is -0.469 e. The van der Waals surface area contributed by atoms with Crippen molar-refractivity contribution in [3.8, 4) is 0 Å². The first-order chi connectivity index (χ1) is 8.61. The van der Waals surface area contributed by atoms with E-state index < -0.39 is 0 Å². The van der Waals surface area contributed by atoms with Crippen LogP contribution in [0.25, 0.3) is 0 Å². The molecule has 0 aliphatic rings. The lowest BCUT2D eigenvalue weighted by Crippen LogP contribution is -2.15. The third-order valence-electron chi connectivity index (χ3n) is 3.66. The van der Waals surface area contributed by atoms with Crippen molar-refractivity contribution in [2.24, 2.45) is 11.8 Å². The first-order valence-corrected chi connectivity index (χ1v) is 7.69. The van der Waals surface area contributed by atoms with Gasteiger partial charge in [0.2, 0.25) is 0 Å². The lowest BCUT2D eigenvalue weighted by atomic mass is 9.92. The van der Waals surface area contributed by atoms with E-state index in [0.29, 0.717) is 5.92 Å². The average Bonchev–Trinajstić information content (AvgIpc) is 2.36. The predicted molar refractivity (Wildman–Crippen MR) is 77.6 cm³/mol. The van der Waals surface area contributed by atoms with Gasteiger partial charge in [0.05, 0.1) is 13.0 Å². The van der Waals surface area contributed by atoms with Gasteiger partial charge in [-0.2, -0.15) is 0 Å². The number of ether oxygens (including phenoxy) is 1. The zero-order valence-electron chi connectivity index (χ0n) is 12.8. The smallest absolute Gasteiger partial charge is 0.308 e. The van der Waals surface area contributed by atoms with Crippen LogP contribution in [0.1, 0.15) is 78.6 Å². The summed E-state index contributed by atoms with van der Waals surface area (Å²) in [5.74, 6) is 0.616. The molecule has 0 bridgehead atoms. The van der Waals surface area contributed by atoms with Crippen LogP contribution in [0, 0.1) is 11.8 Å². The number of carbonyl (C=O) groups is 1. The molecule has 0 spiro atoms. The van der Waals surface area contributed by atoms with E-state index in [1.807, 2.05) is 6.92 Å². The van der Waals surface area contributed by atoms with E-state index in [9.17, 15) is 4.79 Å². The second kappa shape index (κ2) is 11.6. The second-order valence-electron chi connectivity index (χ2n) is 5.68. The van der Waals surface area contributed by atoms with Crippen LogP contribution in [0.2, 0.25) is 0 Å². The Balaban J connectivity index is 3.42. The van der Waals surface area contributed by atoms with Gasteiger partial charge in [-0.3, -0.25) is 4.79 Å². The quantitative estimate of drug-likeness (QED) is 0.385. The number of carbonyl (C=O) groups excluding carboxylic acids is 1. The summed E-state index contributed by atoms with van der Waals surface area (Å²) >= 11 is 0. The Morgan fingerprint density at radius 2 is 1.56 bits per heavy atom. The first kappa shape index (κ1) is 17.5. The highest BCUT2D eigenvalue weighted by Crippen LogP contribution is 2.19. The molecule has 0 N–H and O–H groups in total. The lowest BCUT2D eigenvalue weighted by molar-refractivity contribution is -0.145. The third-order valence-corrected chi connectivity index (χ3v) is 3.66. The number of hydrogen-bond acceptors (Lipinski definition) is 2. The number of rotatable bonds is 11. The molecule has 0 rings (SSSR count). The molecule has 0 aliphatic carbocycles. The fraction of sp³-hybridized carbons (Fsp3) is 0.938. The number of hydrogen-bond donors (Lipinski definition) is 0. The molecule has 0 heterocycles. The molecule has 0 aromatic heterocycles. The van der Waals surface area contributed by atoms with Gasteiger partial charge in [0, 0.05) is 0 Å². The van der Waals surface area contributed by atoms with Crippen molar-refractivity contribution in [3.05, 3.63) is 0 Å². The summed E-state index contributed by atoms with van der Waals surface area (Å²) in [6, 6.07) is 0. The zero-order chi connectivity index (χ0) is 13.8. The average molecular weight is 256 g/mol. The van der Waals surface area contributed by atoms with E-state index in [0.717, 1.165) is 6.42 Å². The molecule has 0 saturated carbocycles. The maximum Gasteiger partial charge on any atom is 0.308 e. The maximum absolute atomic E-state index is 11.3. The van der Waals surface area contributed by atoms with E-state index in [-0.39, 0.29) is 11.9 Å². The Labute approximate surface area is 113 Å². The third kappa shape index (κ3) is 9.49. The van der Waals surface area contributed by atoms with Gasteiger partial charge in [-0.05, 0) is 12.3 Å². The largest absolute Gasteiger partial charge is 0.469 e. The van der Waals surface area contributed by atoms with Crippen molar-refractivity contribution >= 4 is 5.97 Å². The Morgan fingerprint density at radius 1 is 1.00 bits per heavy atom. The summed E-state index contributed by atoms with van der Waals surface area (Å²) in [4.78, 5) is 11.3. The molecule has 2 nitrogen and oxygen atoms in total. The van der Waals surface area contributed by atoms with Crippen LogP contribution in [0.5, 0.6) is 0 Å². The standard InChI is InChI=1S/C16H32O2/c1-5-6-7-8-9-10-11-12-14(2)13-15(3)16(17)18-4/h14-15H,5-13H2,1-4H3. The summed E-state index contributed by atoms with van der Waals surface area (Å²) in [7, 11) is 1.47.